The first-order valence-corrected chi connectivity index (χ1v) is 7.10. The van der Waals surface area contributed by atoms with E-state index in [1.807, 2.05) is 35.4 Å². The van der Waals surface area contributed by atoms with Gasteiger partial charge in [0.25, 0.3) is 5.91 Å². The number of rotatable bonds is 3. The molecule has 1 aromatic rings. The normalized spacial score (nSPS) is 17.8. The van der Waals surface area contributed by atoms with Crippen LogP contribution in [0.4, 0.5) is 0 Å². The number of hydrogen-bond donors (Lipinski definition) is 1. The smallest absolute Gasteiger partial charge is 0.258 e. The number of amides is 1. The third-order valence-corrected chi connectivity index (χ3v) is 3.60. The van der Waals surface area contributed by atoms with Gasteiger partial charge in [0.05, 0.1) is 0 Å². The Balaban J connectivity index is 1.82. The van der Waals surface area contributed by atoms with Crippen LogP contribution in [0.15, 0.2) is 34.8 Å². The van der Waals surface area contributed by atoms with E-state index >= 15 is 0 Å². The first-order valence-electron chi connectivity index (χ1n) is 6.31. The summed E-state index contributed by atoms with van der Waals surface area (Å²) in [7, 11) is 2.09. The standard InChI is InChI=1S/C14H18BrN3O/c1-17-8-10-18(11-9-17)16-14(19)7-4-12-2-5-13(15)6-3-12/h2-7H,8-11H2,1H3,(H,16,19)/b7-4+. The van der Waals surface area contributed by atoms with Gasteiger partial charge in [0.15, 0.2) is 0 Å². The summed E-state index contributed by atoms with van der Waals surface area (Å²) in [6.07, 6.45) is 3.39. The zero-order chi connectivity index (χ0) is 13.7. The van der Waals surface area contributed by atoms with Crippen LogP contribution >= 0.6 is 15.9 Å². The van der Waals surface area contributed by atoms with Crippen LogP contribution in [0, 0.1) is 0 Å². The Bertz CT molecular complexity index is 450. The number of likely N-dealkylation sites (N-methyl/N-ethyl adjacent to an activating group) is 1. The molecule has 1 N–H and O–H groups in total. The number of nitrogens with zero attached hydrogens (tertiary/aromatic N) is 2. The molecule has 4 nitrogen and oxygen atoms in total. The van der Waals surface area contributed by atoms with Crippen molar-refractivity contribution in [3.63, 3.8) is 0 Å². The summed E-state index contributed by atoms with van der Waals surface area (Å²) in [5.41, 5.74) is 3.90. The lowest BCUT2D eigenvalue weighted by Gasteiger charge is -2.31. The molecule has 0 atom stereocenters. The zero-order valence-electron chi connectivity index (χ0n) is 11.0. The van der Waals surface area contributed by atoms with Gasteiger partial charge in [-0.05, 0) is 30.8 Å². The maximum Gasteiger partial charge on any atom is 0.258 e. The summed E-state index contributed by atoms with van der Waals surface area (Å²) in [5.74, 6) is -0.0764. The van der Waals surface area contributed by atoms with E-state index in [1.165, 1.54) is 0 Å². The molecule has 0 aliphatic carbocycles. The van der Waals surface area contributed by atoms with Crippen LogP contribution in [0.2, 0.25) is 0 Å². The quantitative estimate of drug-likeness (QED) is 0.861. The van der Waals surface area contributed by atoms with Crippen LogP contribution < -0.4 is 5.43 Å². The average Bonchev–Trinajstić information content (AvgIpc) is 2.41. The van der Waals surface area contributed by atoms with Crippen molar-refractivity contribution in [3.05, 3.63) is 40.4 Å². The van der Waals surface area contributed by atoms with Gasteiger partial charge in [-0.3, -0.25) is 10.2 Å². The Labute approximate surface area is 122 Å². The lowest BCUT2D eigenvalue weighted by atomic mass is 10.2. The van der Waals surface area contributed by atoms with Gasteiger partial charge in [0, 0.05) is 36.7 Å². The lowest BCUT2D eigenvalue weighted by Crippen LogP contribution is -2.52. The SMILES string of the molecule is CN1CCN(NC(=O)/C=C/c2ccc(Br)cc2)CC1. The predicted octanol–water partition coefficient (Wildman–Crippen LogP) is 1.74. The van der Waals surface area contributed by atoms with Crippen LogP contribution in [-0.2, 0) is 4.79 Å². The Morgan fingerprint density at radius 1 is 1.21 bits per heavy atom. The number of hydrogen-bond acceptors (Lipinski definition) is 3. The van der Waals surface area contributed by atoms with Crippen LogP contribution in [0.5, 0.6) is 0 Å². The molecule has 1 saturated heterocycles. The summed E-state index contributed by atoms with van der Waals surface area (Å²) in [4.78, 5) is 14.0. The van der Waals surface area contributed by atoms with E-state index in [2.05, 4.69) is 33.3 Å². The van der Waals surface area contributed by atoms with E-state index in [9.17, 15) is 4.79 Å². The topological polar surface area (TPSA) is 35.6 Å². The summed E-state index contributed by atoms with van der Waals surface area (Å²) in [6.45, 7) is 3.70. The second-order valence-electron chi connectivity index (χ2n) is 4.65. The predicted molar refractivity (Wildman–Crippen MR) is 80.4 cm³/mol. The molecule has 0 radical (unpaired) electrons. The van der Waals surface area contributed by atoms with E-state index in [1.54, 1.807) is 6.08 Å². The van der Waals surface area contributed by atoms with Gasteiger partial charge in [0.2, 0.25) is 0 Å². The molecule has 0 unspecified atom stereocenters. The van der Waals surface area contributed by atoms with E-state index in [0.717, 1.165) is 36.2 Å². The van der Waals surface area contributed by atoms with Gasteiger partial charge in [0.1, 0.15) is 0 Å². The van der Waals surface area contributed by atoms with Crippen molar-refractivity contribution < 1.29 is 4.79 Å². The van der Waals surface area contributed by atoms with Gasteiger partial charge in [-0.15, -0.1) is 0 Å². The van der Waals surface area contributed by atoms with Gasteiger partial charge >= 0.3 is 0 Å². The fraction of sp³-hybridized carbons (Fsp3) is 0.357. The molecule has 0 bridgehead atoms. The Morgan fingerprint density at radius 2 is 1.84 bits per heavy atom. The van der Waals surface area contributed by atoms with Crippen molar-refractivity contribution in [2.24, 2.45) is 0 Å². The molecule has 1 amide bonds. The minimum atomic E-state index is -0.0764. The highest BCUT2D eigenvalue weighted by Crippen LogP contribution is 2.11. The second kappa shape index (κ2) is 6.84. The second-order valence-corrected chi connectivity index (χ2v) is 5.57. The molecule has 0 saturated carbocycles. The maximum atomic E-state index is 11.8. The van der Waals surface area contributed by atoms with Crippen molar-refractivity contribution in [2.45, 2.75) is 0 Å². The zero-order valence-corrected chi connectivity index (χ0v) is 12.6. The molecule has 1 aromatic carbocycles. The molecule has 102 valence electrons. The number of carbonyl (C=O) groups excluding carboxylic acids is 1. The third kappa shape index (κ3) is 4.78. The molecule has 1 heterocycles. The van der Waals surface area contributed by atoms with E-state index < -0.39 is 0 Å². The molecule has 1 aliphatic rings. The number of piperazine rings is 1. The number of carbonyl (C=O) groups is 1. The van der Waals surface area contributed by atoms with Gasteiger partial charge in [-0.1, -0.05) is 28.1 Å². The van der Waals surface area contributed by atoms with Crippen LogP contribution in [0.1, 0.15) is 5.56 Å². The van der Waals surface area contributed by atoms with E-state index in [0.29, 0.717) is 0 Å². The van der Waals surface area contributed by atoms with Gasteiger partial charge in [-0.2, -0.15) is 0 Å². The Morgan fingerprint density at radius 3 is 2.47 bits per heavy atom. The molecule has 0 spiro atoms. The van der Waals surface area contributed by atoms with Crippen molar-refractivity contribution in [2.75, 3.05) is 33.2 Å². The van der Waals surface area contributed by atoms with Crippen LogP contribution in [-0.4, -0.2) is 49.0 Å². The molecule has 19 heavy (non-hydrogen) atoms. The molecule has 1 aliphatic heterocycles. The first-order chi connectivity index (χ1) is 9.13. The number of halogens is 1. The van der Waals surface area contributed by atoms with Crippen molar-refractivity contribution >= 4 is 27.9 Å². The summed E-state index contributed by atoms with van der Waals surface area (Å²) < 4.78 is 1.03. The Kier molecular flexibility index (Phi) is 5.13. The number of hydrazine groups is 1. The molecular formula is C14H18BrN3O. The van der Waals surface area contributed by atoms with Crippen LogP contribution in [0.25, 0.3) is 6.08 Å². The lowest BCUT2D eigenvalue weighted by molar-refractivity contribution is -0.121. The average molecular weight is 324 g/mol. The van der Waals surface area contributed by atoms with Crippen molar-refractivity contribution in [1.29, 1.82) is 0 Å². The van der Waals surface area contributed by atoms with E-state index in [4.69, 9.17) is 0 Å². The minimum Gasteiger partial charge on any atom is -0.304 e. The van der Waals surface area contributed by atoms with Crippen LogP contribution in [0.3, 0.4) is 0 Å². The molecule has 2 rings (SSSR count). The Hall–Kier alpha value is -1.17. The fourth-order valence-electron chi connectivity index (χ4n) is 1.86. The maximum absolute atomic E-state index is 11.8. The highest BCUT2D eigenvalue weighted by atomic mass is 79.9. The fourth-order valence-corrected chi connectivity index (χ4v) is 2.12. The highest BCUT2D eigenvalue weighted by Gasteiger charge is 2.14. The largest absolute Gasteiger partial charge is 0.304 e. The third-order valence-electron chi connectivity index (χ3n) is 3.07. The summed E-state index contributed by atoms with van der Waals surface area (Å²) in [6, 6.07) is 7.84. The van der Waals surface area contributed by atoms with Gasteiger partial charge < -0.3 is 4.90 Å². The van der Waals surface area contributed by atoms with Gasteiger partial charge in [-0.25, -0.2) is 5.01 Å². The highest BCUT2D eigenvalue weighted by molar-refractivity contribution is 9.10. The summed E-state index contributed by atoms with van der Waals surface area (Å²) >= 11 is 3.38. The molecule has 1 fully saturated rings. The molecular weight excluding hydrogens is 306 g/mol. The molecule has 5 heteroatoms. The van der Waals surface area contributed by atoms with Crippen molar-refractivity contribution in [3.8, 4) is 0 Å². The molecule has 0 aromatic heterocycles. The first kappa shape index (κ1) is 14.2. The monoisotopic (exact) mass is 323 g/mol. The minimum absolute atomic E-state index is 0.0764. The number of nitrogens with one attached hydrogen (secondary N) is 1. The summed E-state index contributed by atoms with van der Waals surface area (Å²) in [5, 5.41) is 1.97. The number of benzene rings is 1. The van der Waals surface area contributed by atoms with E-state index in [-0.39, 0.29) is 5.91 Å². The van der Waals surface area contributed by atoms with Crippen molar-refractivity contribution in [1.82, 2.24) is 15.3 Å².